The molecule has 2 N–H and O–H groups in total. The Hall–Kier alpha value is -0.650. The molecule has 0 radical (unpaired) electrons. The average molecular weight is 232 g/mol. The third-order valence-electron chi connectivity index (χ3n) is 2.59. The van der Waals surface area contributed by atoms with Gasteiger partial charge in [0.2, 0.25) is 0 Å². The highest BCUT2D eigenvalue weighted by Crippen LogP contribution is 2.14. The summed E-state index contributed by atoms with van der Waals surface area (Å²) in [6.07, 6.45) is 0.430. The molecule has 0 amide bonds. The Labute approximate surface area is 95.4 Å². The van der Waals surface area contributed by atoms with Gasteiger partial charge in [-0.3, -0.25) is 4.79 Å². The van der Waals surface area contributed by atoms with E-state index in [2.05, 4.69) is 6.92 Å². The zero-order valence-corrected chi connectivity index (χ0v) is 9.59. The van der Waals surface area contributed by atoms with Gasteiger partial charge in [-0.05, 0) is 6.42 Å². The topological polar surface area (TPSA) is 76.0 Å². The minimum atomic E-state index is -0.932. The van der Waals surface area contributed by atoms with E-state index >= 15 is 0 Å². The minimum Gasteiger partial charge on any atom is -0.457 e. The van der Waals surface area contributed by atoms with E-state index in [1.165, 1.54) is 0 Å². The fraction of sp³-hybridized carbons (Fsp3) is 0.909. The fourth-order valence-corrected chi connectivity index (χ4v) is 1.64. The van der Waals surface area contributed by atoms with Crippen LogP contribution in [0.2, 0.25) is 0 Å². The summed E-state index contributed by atoms with van der Waals surface area (Å²) in [6.45, 7) is 2.26. The normalized spacial score (nSPS) is 30.1. The van der Waals surface area contributed by atoms with Crippen LogP contribution in [0.4, 0.5) is 0 Å². The lowest BCUT2D eigenvalue weighted by Crippen LogP contribution is -2.49. The van der Waals surface area contributed by atoms with E-state index in [0.717, 1.165) is 19.3 Å². The van der Waals surface area contributed by atoms with Gasteiger partial charge in [0.1, 0.15) is 12.2 Å². The first kappa shape index (κ1) is 13.4. The van der Waals surface area contributed by atoms with Crippen molar-refractivity contribution in [1.82, 2.24) is 0 Å². The zero-order chi connectivity index (χ0) is 12.0. The molecule has 1 aliphatic heterocycles. The Morgan fingerprint density at radius 1 is 1.31 bits per heavy atom. The fourth-order valence-electron chi connectivity index (χ4n) is 1.64. The Kier molecular flexibility index (Phi) is 5.73. The summed E-state index contributed by atoms with van der Waals surface area (Å²) in [5.41, 5.74) is 0. The molecule has 94 valence electrons. The van der Waals surface area contributed by atoms with E-state index in [9.17, 15) is 15.0 Å². The molecular formula is C11H20O5. The van der Waals surface area contributed by atoms with Gasteiger partial charge in [-0.15, -0.1) is 0 Å². The lowest BCUT2D eigenvalue weighted by Gasteiger charge is -2.31. The minimum absolute atomic E-state index is 0.101. The molecule has 0 spiro atoms. The molecule has 0 aliphatic carbocycles. The van der Waals surface area contributed by atoms with Crippen molar-refractivity contribution >= 4 is 5.97 Å². The number of aliphatic hydroxyl groups is 2. The van der Waals surface area contributed by atoms with Crippen molar-refractivity contribution < 1.29 is 24.5 Å². The number of esters is 1. The standard InChI is InChI=1S/C11H20O5/c1-2-3-4-5-10(14)16-11-8(12)6-15-7-9(11)13/h8-9,11-13H,2-7H2,1H3/t8-,9+,11?. The second-order valence-electron chi connectivity index (χ2n) is 4.08. The molecule has 1 saturated heterocycles. The second-order valence-corrected chi connectivity index (χ2v) is 4.08. The first-order valence-corrected chi connectivity index (χ1v) is 5.78. The van der Waals surface area contributed by atoms with Crippen LogP contribution in [0.1, 0.15) is 32.6 Å². The molecule has 1 fully saturated rings. The molecule has 16 heavy (non-hydrogen) atoms. The summed E-state index contributed by atoms with van der Waals surface area (Å²) in [5, 5.41) is 19.0. The van der Waals surface area contributed by atoms with E-state index in [1.807, 2.05) is 0 Å². The van der Waals surface area contributed by atoms with Crippen molar-refractivity contribution in [3.63, 3.8) is 0 Å². The SMILES string of the molecule is CCCCCC(=O)OC1[C@H](O)COC[C@@H]1O. The van der Waals surface area contributed by atoms with Crippen molar-refractivity contribution in [3.8, 4) is 0 Å². The van der Waals surface area contributed by atoms with Gasteiger partial charge in [0.15, 0.2) is 6.10 Å². The molecule has 0 aromatic heterocycles. The largest absolute Gasteiger partial charge is 0.457 e. The van der Waals surface area contributed by atoms with Crippen LogP contribution < -0.4 is 0 Å². The summed E-state index contributed by atoms with van der Waals surface area (Å²) in [5.74, 6) is -0.363. The molecule has 1 aliphatic rings. The first-order valence-electron chi connectivity index (χ1n) is 5.78. The van der Waals surface area contributed by atoms with Gasteiger partial charge in [-0.1, -0.05) is 19.8 Å². The molecule has 1 heterocycles. The third-order valence-corrected chi connectivity index (χ3v) is 2.59. The molecule has 1 unspecified atom stereocenters. The number of hydrogen-bond donors (Lipinski definition) is 2. The number of hydrogen-bond acceptors (Lipinski definition) is 5. The molecule has 1 rings (SSSR count). The van der Waals surface area contributed by atoms with Crippen LogP contribution in [0.15, 0.2) is 0 Å². The van der Waals surface area contributed by atoms with Crippen LogP contribution in [0, 0.1) is 0 Å². The molecule has 0 aromatic rings. The van der Waals surface area contributed by atoms with Gasteiger partial charge in [0.25, 0.3) is 0 Å². The van der Waals surface area contributed by atoms with Crippen molar-refractivity contribution in [2.45, 2.75) is 50.9 Å². The van der Waals surface area contributed by atoms with E-state index in [0.29, 0.717) is 6.42 Å². The van der Waals surface area contributed by atoms with Crippen LogP contribution in [-0.2, 0) is 14.3 Å². The summed E-state index contributed by atoms with van der Waals surface area (Å²) in [6, 6.07) is 0. The van der Waals surface area contributed by atoms with Crippen LogP contribution in [0.3, 0.4) is 0 Å². The molecule has 5 heteroatoms. The van der Waals surface area contributed by atoms with Gasteiger partial charge < -0.3 is 19.7 Å². The van der Waals surface area contributed by atoms with Gasteiger partial charge >= 0.3 is 5.97 Å². The van der Waals surface area contributed by atoms with E-state index in [-0.39, 0.29) is 19.2 Å². The monoisotopic (exact) mass is 232 g/mol. The van der Waals surface area contributed by atoms with Crippen molar-refractivity contribution in [2.24, 2.45) is 0 Å². The maximum atomic E-state index is 11.4. The predicted octanol–water partition coefficient (Wildman–Crippen LogP) is 0.230. The number of unbranched alkanes of at least 4 members (excludes halogenated alkanes) is 2. The summed E-state index contributed by atoms with van der Waals surface area (Å²) in [7, 11) is 0. The Morgan fingerprint density at radius 2 is 1.94 bits per heavy atom. The molecule has 3 atom stereocenters. The lowest BCUT2D eigenvalue weighted by atomic mass is 10.1. The first-order chi connectivity index (χ1) is 7.65. The molecule has 0 bridgehead atoms. The van der Waals surface area contributed by atoms with Gasteiger partial charge in [0.05, 0.1) is 13.2 Å². The maximum Gasteiger partial charge on any atom is 0.306 e. The number of carbonyl (C=O) groups excluding carboxylic acids is 1. The lowest BCUT2D eigenvalue weighted by molar-refractivity contribution is -0.188. The van der Waals surface area contributed by atoms with Crippen LogP contribution in [0.25, 0.3) is 0 Å². The van der Waals surface area contributed by atoms with Crippen LogP contribution >= 0.6 is 0 Å². The third kappa shape index (κ3) is 4.08. The van der Waals surface area contributed by atoms with E-state index in [1.54, 1.807) is 0 Å². The molecular weight excluding hydrogens is 212 g/mol. The summed E-state index contributed by atoms with van der Waals surface area (Å²) < 4.78 is 9.96. The Bertz CT molecular complexity index is 208. The highest BCUT2D eigenvalue weighted by atomic mass is 16.6. The Balaban J connectivity index is 2.30. The Morgan fingerprint density at radius 3 is 2.50 bits per heavy atom. The highest BCUT2D eigenvalue weighted by molar-refractivity contribution is 5.69. The van der Waals surface area contributed by atoms with Gasteiger partial charge in [-0.25, -0.2) is 0 Å². The maximum absolute atomic E-state index is 11.4. The van der Waals surface area contributed by atoms with Crippen LogP contribution in [0.5, 0.6) is 0 Å². The average Bonchev–Trinajstić information content (AvgIpc) is 2.24. The van der Waals surface area contributed by atoms with Crippen molar-refractivity contribution in [1.29, 1.82) is 0 Å². The number of rotatable bonds is 5. The molecule has 0 aromatic carbocycles. The highest BCUT2D eigenvalue weighted by Gasteiger charge is 2.34. The predicted molar refractivity (Wildman–Crippen MR) is 56.9 cm³/mol. The quantitative estimate of drug-likeness (QED) is 0.524. The summed E-state index contributed by atoms with van der Waals surface area (Å²) in [4.78, 5) is 11.4. The van der Waals surface area contributed by atoms with Crippen molar-refractivity contribution in [3.05, 3.63) is 0 Å². The number of aliphatic hydroxyl groups excluding tert-OH is 2. The van der Waals surface area contributed by atoms with Crippen molar-refractivity contribution in [2.75, 3.05) is 13.2 Å². The van der Waals surface area contributed by atoms with Crippen LogP contribution in [-0.4, -0.2) is 47.7 Å². The summed E-state index contributed by atoms with van der Waals surface area (Å²) >= 11 is 0. The van der Waals surface area contributed by atoms with E-state index < -0.39 is 18.3 Å². The smallest absolute Gasteiger partial charge is 0.306 e. The molecule has 5 nitrogen and oxygen atoms in total. The zero-order valence-electron chi connectivity index (χ0n) is 9.59. The number of carbonyl (C=O) groups is 1. The molecule has 0 saturated carbocycles. The number of ether oxygens (including phenoxy) is 2. The second kappa shape index (κ2) is 6.83. The van der Waals surface area contributed by atoms with Gasteiger partial charge in [-0.2, -0.15) is 0 Å². The van der Waals surface area contributed by atoms with Gasteiger partial charge in [0, 0.05) is 6.42 Å². The van der Waals surface area contributed by atoms with E-state index in [4.69, 9.17) is 9.47 Å².